The predicted molar refractivity (Wildman–Crippen MR) is 199 cm³/mol. The molecule has 10 heteroatoms. The summed E-state index contributed by atoms with van der Waals surface area (Å²) in [7, 11) is 0. The lowest BCUT2D eigenvalue weighted by atomic mass is 10.2. The SMILES string of the molecule is CCCCCN1c2cc(Cl)c(Cl)cc2N(CC)C1C=CN1CCN(C=Cc2n(CC)c3cc(Cl)c(Cl)cc3[n+]2CCCCC)CC1. The summed E-state index contributed by atoms with van der Waals surface area (Å²) < 4.78 is 4.77. The van der Waals surface area contributed by atoms with Crippen LogP contribution in [-0.4, -0.2) is 59.8 Å². The molecule has 2 aromatic carbocycles. The molecule has 1 atom stereocenters. The minimum Gasteiger partial charge on any atom is -0.374 e. The maximum absolute atomic E-state index is 6.49. The molecule has 2 aliphatic heterocycles. The Labute approximate surface area is 295 Å². The summed E-state index contributed by atoms with van der Waals surface area (Å²) in [5.74, 6) is 1.19. The van der Waals surface area contributed by atoms with Crippen LogP contribution in [0.25, 0.3) is 17.1 Å². The molecule has 0 spiro atoms. The van der Waals surface area contributed by atoms with E-state index in [0.717, 1.165) is 76.2 Å². The maximum Gasteiger partial charge on any atom is 0.283 e. The molecule has 46 heavy (non-hydrogen) atoms. The van der Waals surface area contributed by atoms with Crippen LogP contribution in [0.15, 0.2) is 42.7 Å². The van der Waals surface area contributed by atoms with Gasteiger partial charge in [0.2, 0.25) is 0 Å². The van der Waals surface area contributed by atoms with Gasteiger partial charge in [0.15, 0.2) is 11.0 Å². The van der Waals surface area contributed by atoms with Crippen molar-refractivity contribution in [3.63, 3.8) is 0 Å². The zero-order chi connectivity index (χ0) is 32.8. The van der Waals surface area contributed by atoms with Crippen LogP contribution in [0.5, 0.6) is 0 Å². The largest absolute Gasteiger partial charge is 0.374 e. The molecule has 1 unspecified atom stereocenters. The van der Waals surface area contributed by atoms with Crippen LogP contribution in [0.1, 0.15) is 72.0 Å². The highest BCUT2D eigenvalue weighted by atomic mass is 35.5. The average molecular weight is 708 g/mol. The van der Waals surface area contributed by atoms with Crippen LogP contribution in [-0.2, 0) is 13.1 Å². The summed E-state index contributed by atoms with van der Waals surface area (Å²) in [6.07, 6.45) is 16.4. The van der Waals surface area contributed by atoms with E-state index in [1.807, 2.05) is 24.3 Å². The minimum atomic E-state index is 0.144. The van der Waals surface area contributed by atoms with E-state index in [2.05, 4.69) is 81.0 Å². The molecule has 0 amide bonds. The molecule has 0 saturated carbocycles. The Bertz CT molecular complexity index is 1540. The number of benzene rings is 2. The van der Waals surface area contributed by atoms with E-state index in [1.165, 1.54) is 42.9 Å². The zero-order valence-electron chi connectivity index (χ0n) is 27.8. The third-order valence-electron chi connectivity index (χ3n) is 9.32. The third kappa shape index (κ3) is 7.56. The van der Waals surface area contributed by atoms with Crippen molar-refractivity contribution >= 4 is 74.9 Å². The van der Waals surface area contributed by atoms with E-state index in [-0.39, 0.29) is 6.17 Å². The van der Waals surface area contributed by atoms with Crippen LogP contribution in [0, 0.1) is 0 Å². The summed E-state index contributed by atoms with van der Waals surface area (Å²) in [6, 6.07) is 8.11. The van der Waals surface area contributed by atoms with E-state index in [9.17, 15) is 0 Å². The summed E-state index contributed by atoms with van der Waals surface area (Å²) in [5.41, 5.74) is 4.62. The molecule has 6 nitrogen and oxygen atoms in total. The molecule has 3 heterocycles. The number of piperazine rings is 1. The number of imidazole rings is 1. The number of hydrogen-bond donors (Lipinski definition) is 0. The van der Waals surface area contributed by atoms with E-state index in [1.54, 1.807) is 0 Å². The summed E-state index contributed by atoms with van der Waals surface area (Å²) in [5, 5.41) is 2.43. The van der Waals surface area contributed by atoms with Gasteiger partial charge in [0, 0.05) is 63.7 Å². The number of likely N-dealkylation sites (N-methyl/N-ethyl adjacent to an activating group) is 1. The smallest absolute Gasteiger partial charge is 0.283 e. The number of rotatable bonds is 14. The predicted octanol–water partition coefficient (Wildman–Crippen LogP) is 9.72. The van der Waals surface area contributed by atoms with E-state index in [4.69, 9.17) is 46.4 Å². The van der Waals surface area contributed by atoms with Gasteiger partial charge in [-0.25, -0.2) is 9.13 Å². The highest BCUT2D eigenvalue weighted by Crippen LogP contribution is 2.44. The highest BCUT2D eigenvalue weighted by molar-refractivity contribution is 6.43. The molecule has 0 aliphatic carbocycles. The molecule has 0 radical (unpaired) electrons. The molecule has 0 N–H and O–H groups in total. The monoisotopic (exact) mass is 705 g/mol. The zero-order valence-corrected chi connectivity index (χ0v) is 30.8. The lowest BCUT2D eigenvalue weighted by molar-refractivity contribution is -0.674. The Morgan fingerprint density at radius 1 is 0.696 bits per heavy atom. The normalized spacial score (nSPS) is 17.1. The molecule has 0 bridgehead atoms. The first-order valence-electron chi connectivity index (χ1n) is 17.1. The average Bonchev–Trinajstić information content (AvgIpc) is 3.49. The van der Waals surface area contributed by atoms with Gasteiger partial charge in [-0.2, -0.15) is 0 Å². The highest BCUT2D eigenvalue weighted by Gasteiger charge is 2.34. The molecule has 5 rings (SSSR count). The van der Waals surface area contributed by atoms with Crippen LogP contribution in [0.3, 0.4) is 0 Å². The molecule has 250 valence electrons. The second-order valence-corrected chi connectivity index (χ2v) is 13.9. The minimum absolute atomic E-state index is 0.144. The Morgan fingerprint density at radius 2 is 1.28 bits per heavy atom. The van der Waals surface area contributed by atoms with Gasteiger partial charge in [0.1, 0.15) is 6.17 Å². The third-order valence-corrected chi connectivity index (χ3v) is 10.8. The van der Waals surface area contributed by atoms with Crippen molar-refractivity contribution < 1.29 is 4.57 Å². The molecular weight excluding hydrogens is 658 g/mol. The van der Waals surface area contributed by atoms with Crippen molar-refractivity contribution in [2.75, 3.05) is 49.1 Å². The van der Waals surface area contributed by atoms with Gasteiger partial charge in [-0.1, -0.05) is 79.5 Å². The Balaban J connectivity index is 1.30. The quantitative estimate of drug-likeness (QED) is 0.123. The van der Waals surface area contributed by atoms with Gasteiger partial charge in [0.05, 0.1) is 44.6 Å². The van der Waals surface area contributed by atoms with E-state index < -0.39 is 0 Å². The first-order valence-corrected chi connectivity index (χ1v) is 18.6. The van der Waals surface area contributed by atoms with E-state index in [0.29, 0.717) is 20.1 Å². The number of anilines is 2. The van der Waals surface area contributed by atoms with Crippen molar-refractivity contribution in [2.24, 2.45) is 0 Å². The van der Waals surface area contributed by atoms with Crippen LogP contribution in [0.4, 0.5) is 11.4 Å². The summed E-state index contributed by atoms with van der Waals surface area (Å²) >= 11 is 25.9. The second kappa shape index (κ2) is 16.2. The van der Waals surface area contributed by atoms with Gasteiger partial charge in [0.25, 0.3) is 5.82 Å². The fourth-order valence-electron chi connectivity index (χ4n) is 6.81. The van der Waals surface area contributed by atoms with Crippen molar-refractivity contribution in [3.05, 3.63) is 68.7 Å². The maximum atomic E-state index is 6.49. The van der Waals surface area contributed by atoms with Crippen molar-refractivity contribution in [1.82, 2.24) is 14.4 Å². The molecule has 1 aromatic heterocycles. The number of hydrogen-bond acceptors (Lipinski definition) is 4. The van der Waals surface area contributed by atoms with Crippen molar-refractivity contribution in [3.8, 4) is 0 Å². The Kier molecular flexibility index (Phi) is 12.4. The first-order chi connectivity index (χ1) is 22.3. The fourth-order valence-corrected chi connectivity index (χ4v) is 7.45. The number of fused-ring (bicyclic) bond motifs is 2. The second-order valence-electron chi connectivity index (χ2n) is 12.3. The lowest BCUT2D eigenvalue weighted by Gasteiger charge is -2.35. The first kappa shape index (κ1) is 35.1. The van der Waals surface area contributed by atoms with Crippen LogP contribution < -0.4 is 14.4 Å². The van der Waals surface area contributed by atoms with Gasteiger partial charge >= 0.3 is 0 Å². The van der Waals surface area contributed by atoms with E-state index >= 15 is 0 Å². The molecule has 2 aliphatic rings. The van der Waals surface area contributed by atoms with Gasteiger partial charge < -0.3 is 19.6 Å². The van der Waals surface area contributed by atoms with Gasteiger partial charge in [-0.3, -0.25) is 0 Å². The van der Waals surface area contributed by atoms with Crippen LogP contribution in [0.2, 0.25) is 20.1 Å². The number of unbranched alkanes of at least 4 members (excludes halogenated alkanes) is 4. The summed E-state index contributed by atoms with van der Waals surface area (Å²) in [6.45, 7) is 16.5. The molecular formula is C36H49Cl4N6+. The fraction of sp³-hybridized carbons (Fsp3) is 0.528. The van der Waals surface area contributed by atoms with Gasteiger partial charge in [-0.05, 0) is 57.5 Å². The summed E-state index contributed by atoms with van der Waals surface area (Å²) in [4.78, 5) is 9.81. The van der Waals surface area contributed by atoms with Crippen LogP contribution >= 0.6 is 46.4 Å². The standard InChI is InChI=1S/C36H49Cl4N6/c1-5-9-11-15-45-33-25-29(39)27(37)23-31(33)43(7-3)35(45)13-17-41-19-21-42(22-20-41)18-14-36-44(8-4)32-24-28(38)30(40)26-34(32)46(36)16-12-10-6-2/h13-14,17-18,23-26,35H,5-12,15-16,19-22H2,1-4H3/q+1. The van der Waals surface area contributed by atoms with Gasteiger partial charge in [-0.15, -0.1) is 0 Å². The Hall–Kier alpha value is -2.25. The Morgan fingerprint density at radius 3 is 1.91 bits per heavy atom. The molecule has 3 aromatic rings. The topological polar surface area (TPSA) is 21.8 Å². The van der Waals surface area contributed by atoms with Crippen molar-refractivity contribution in [1.29, 1.82) is 0 Å². The van der Waals surface area contributed by atoms with Crippen molar-refractivity contribution in [2.45, 2.75) is 85.5 Å². The lowest BCUT2D eigenvalue weighted by Crippen LogP contribution is -2.44. The number of halogens is 4. The number of nitrogens with zero attached hydrogens (tertiary/aromatic N) is 6. The number of aromatic nitrogens is 2. The molecule has 1 saturated heterocycles. The number of aryl methyl sites for hydroxylation is 2. The molecule has 1 fully saturated rings.